The van der Waals surface area contributed by atoms with Gasteiger partial charge in [-0.15, -0.1) is 23.4 Å². The van der Waals surface area contributed by atoms with Crippen LogP contribution in [0.1, 0.15) is 31.7 Å². The number of rotatable bonds is 9. The predicted molar refractivity (Wildman–Crippen MR) is 100.0 cm³/mol. The molecular weight excluding hydrogens is 373 g/mol. The molecular formula is C18H25F3N6O. The number of hydrogen-bond acceptors (Lipinski definition) is 4. The molecule has 0 fully saturated rings. The van der Waals surface area contributed by atoms with E-state index in [2.05, 4.69) is 37.5 Å². The first-order valence-electron chi connectivity index (χ1n) is 9.14. The fourth-order valence-electron chi connectivity index (χ4n) is 2.42. The lowest BCUT2D eigenvalue weighted by molar-refractivity contribution is -0.274. The molecule has 0 bridgehead atoms. The van der Waals surface area contributed by atoms with Gasteiger partial charge in [-0.25, -0.2) is 4.99 Å². The Hall–Kier alpha value is -2.78. The molecule has 1 aromatic heterocycles. The van der Waals surface area contributed by atoms with Gasteiger partial charge in [0.05, 0.1) is 6.54 Å². The number of benzene rings is 1. The van der Waals surface area contributed by atoms with Gasteiger partial charge in [0.25, 0.3) is 0 Å². The third-order valence-electron chi connectivity index (χ3n) is 3.78. The number of ether oxygens (including phenoxy) is 1. The van der Waals surface area contributed by atoms with Crippen molar-refractivity contribution in [1.82, 2.24) is 25.4 Å². The monoisotopic (exact) mass is 398 g/mol. The van der Waals surface area contributed by atoms with Gasteiger partial charge >= 0.3 is 6.36 Å². The highest BCUT2D eigenvalue weighted by Crippen LogP contribution is 2.22. The number of nitrogens with one attached hydrogen (secondary N) is 2. The molecule has 0 spiro atoms. The summed E-state index contributed by atoms with van der Waals surface area (Å²) in [5.41, 5.74) is 0.777. The van der Waals surface area contributed by atoms with Gasteiger partial charge in [0, 0.05) is 26.1 Å². The number of nitrogens with zero attached hydrogens (tertiary/aromatic N) is 4. The van der Waals surface area contributed by atoms with Crippen LogP contribution >= 0.6 is 0 Å². The van der Waals surface area contributed by atoms with Crippen LogP contribution in [-0.2, 0) is 19.5 Å². The Morgan fingerprint density at radius 2 is 1.86 bits per heavy atom. The first-order valence-corrected chi connectivity index (χ1v) is 9.14. The molecule has 2 N–H and O–H groups in total. The van der Waals surface area contributed by atoms with Crippen LogP contribution in [0.2, 0.25) is 0 Å². The number of alkyl halides is 3. The summed E-state index contributed by atoms with van der Waals surface area (Å²) in [5.74, 6) is 1.31. The highest BCUT2D eigenvalue weighted by Gasteiger charge is 2.30. The number of aromatic nitrogens is 3. The molecule has 7 nitrogen and oxygen atoms in total. The van der Waals surface area contributed by atoms with E-state index >= 15 is 0 Å². The molecule has 1 aromatic carbocycles. The van der Waals surface area contributed by atoms with Gasteiger partial charge in [-0.05, 0) is 24.1 Å². The van der Waals surface area contributed by atoms with Crippen molar-refractivity contribution in [2.45, 2.75) is 46.1 Å². The van der Waals surface area contributed by atoms with E-state index < -0.39 is 6.36 Å². The molecule has 0 radical (unpaired) electrons. The molecule has 28 heavy (non-hydrogen) atoms. The number of aliphatic imine (C=N–C) groups is 1. The van der Waals surface area contributed by atoms with Crippen molar-refractivity contribution in [2.24, 2.45) is 4.99 Å². The largest absolute Gasteiger partial charge is 0.573 e. The first kappa shape index (κ1) is 21.5. The smallest absolute Gasteiger partial charge is 0.406 e. The number of guanidine groups is 1. The lowest BCUT2D eigenvalue weighted by Crippen LogP contribution is -2.39. The fraction of sp³-hybridized carbons (Fsp3) is 0.500. The van der Waals surface area contributed by atoms with E-state index in [4.69, 9.17) is 0 Å². The van der Waals surface area contributed by atoms with Gasteiger partial charge in [0.2, 0.25) is 0 Å². The van der Waals surface area contributed by atoms with Crippen LogP contribution in [0.25, 0.3) is 0 Å². The lowest BCUT2D eigenvalue weighted by atomic mass is 10.2. The van der Waals surface area contributed by atoms with Gasteiger partial charge in [0.15, 0.2) is 5.96 Å². The summed E-state index contributed by atoms with van der Waals surface area (Å²) >= 11 is 0. The minimum atomic E-state index is -4.69. The quantitative estimate of drug-likeness (QED) is 0.502. The van der Waals surface area contributed by atoms with Crippen molar-refractivity contribution in [3.8, 4) is 5.75 Å². The SMILES string of the molecule is CCCNC(=NCc1ccc(OC(F)(F)F)cc1)NCCn1cnnc1CC. The maximum absolute atomic E-state index is 12.2. The Morgan fingerprint density at radius 1 is 1.14 bits per heavy atom. The highest BCUT2D eigenvalue weighted by atomic mass is 19.4. The maximum Gasteiger partial charge on any atom is 0.573 e. The van der Waals surface area contributed by atoms with Crippen LogP contribution in [-0.4, -0.2) is 40.2 Å². The molecule has 0 unspecified atom stereocenters. The van der Waals surface area contributed by atoms with Gasteiger partial charge in [-0.1, -0.05) is 26.0 Å². The van der Waals surface area contributed by atoms with E-state index in [1.54, 1.807) is 18.5 Å². The molecule has 2 rings (SSSR count). The van der Waals surface area contributed by atoms with Crippen molar-refractivity contribution < 1.29 is 17.9 Å². The van der Waals surface area contributed by atoms with Crippen molar-refractivity contribution in [1.29, 1.82) is 0 Å². The second-order valence-electron chi connectivity index (χ2n) is 6.00. The minimum absolute atomic E-state index is 0.247. The van der Waals surface area contributed by atoms with E-state index in [0.717, 1.165) is 30.8 Å². The van der Waals surface area contributed by atoms with E-state index in [0.29, 0.717) is 25.6 Å². The Labute approximate surface area is 162 Å². The van der Waals surface area contributed by atoms with Crippen LogP contribution < -0.4 is 15.4 Å². The minimum Gasteiger partial charge on any atom is -0.406 e. The summed E-state index contributed by atoms with van der Waals surface area (Å²) in [7, 11) is 0. The van der Waals surface area contributed by atoms with Gasteiger partial charge in [0.1, 0.15) is 17.9 Å². The number of hydrogen-bond donors (Lipinski definition) is 2. The number of aryl methyl sites for hydroxylation is 1. The lowest BCUT2D eigenvalue weighted by Gasteiger charge is -2.13. The summed E-state index contributed by atoms with van der Waals surface area (Å²) in [6.07, 6.45) is -1.25. The second kappa shape index (κ2) is 10.5. The highest BCUT2D eigenvalue weighted by molar-refractivity contribution is 5.79. The summed E-state index contributed by atoms with van der Waals surface area (Å²) in [4.78, 5) is 4.49. The average molecular weight is 398 g/mol. The predicted octanol–water partition coefficient (Wildman–Crippen LogP) is 2.88. The van der Waals surface area contributed by atoms with Crippen LogP contribution in [0.15, 0.2) is 35.6 Å². The zero-order valence-corrected chi connectivity index (χ0v) is 16.0. The van der Waals surface area contributed by atoms with Gasteiger partial charge in [-0.2, -0.15) is 0 Å². The molecule has 0 amide bonds. The normalized spacial score (nSPS) is 12.1. The molecule has 154 valence electrons. The molecule has 1 heterocycles. The number of halogens is 3. The van der Waals surface area contributed by atoms with E-state index in [1.165, 1.54) is 12.1 Å². The molecule has 0 aliphatic rings. The summed E-state index contributed by atoms with van der Waals surface area (Å²) in [6.45, 7) is 6.50. The van der Waals surface area contributed by atoms with Crippen molar-refractivity contribution in [3.63, 3.8) is 0 Å². The fourth-order valence-corrected chi connectivity index (χ4v) is 2.42. The van der Waals surface area contributed by atoms with E-state index in [1.807, 2.05) is 11.5 Å². The Morgan fingerprint density at radius 3 is 2.50 bits per heavy atom. The molecule has 0 saturated heterocycles. The molecule has 0 aliphatic heterocycles. The maximum atomic E-state index is 12.2. The molecule has 10 heteroatoms. The van der Waals surface area contributed by atoms with Crippen molar-refractivity contribution >= 4 is 5.96 Å². The first-order chi connectivity index (χ1) is 13.4. The summed E-state index contributed by atoms with van der Waals surface area (Å²) < 4.78 is 42.5. The van der Waals surface area contributed by atoms with Crippen molar-refractivity contribution in [2.75, 3.05) is 13.1 Å². The van der Waals surface area contributed by atoms with Crippen molar-refractivity contribution in [3.05, 3.63) is 42.0 Å². The molecule has 0 aliphatic carbocycles. The van der Waals surface area contributed by atoms with Crippen LogP contribution in [0.3, 0.4) is 0 Å². The topological polar surface area (TPSA) is 76.4 Å². The summed E-state index contributed by atoms with van der Waals surface area (Å²) in [6, 6.07) is 5.69. The molecule has 0 atom stereocenters. The van der Waals surface area contributed by atoms with Gasteiger partial charge < -0.3 is 19.9 Å². The zero-order chi connectivity index (χ0) is 20.4. The molecule has 0 saturated carbocycles. The molecule has 2 aromatic rings. The second-order valence-corrected chi connectivity index (χ2v) is 6.00. The van der Waals surface area contributed by atoms with Crippen LogP contribution in [0.4, 0.5) is 13.2 Å². The third kappa shape index (κ3) is 7.45. The van der Waals surface area contributed by atoms with Crippen LogP contribution in [0, 0.1) is 0 Å². The Kier molecular flexibility index (Phi) is 8.09. The summed E-state index contributed by atoms with van der Waals surface area (Å²) in [5, 5.41) is 14.4. The van der Waals surface area contributed by atoms with Crippen LogP contribution in [0.5, 0.6) is 5.75 Å². The Bertz CT molecular complexity index is 743. The standard InChI is InChI=1S/C18H25F3N6O/c1-3-9-22-17(23-10-11-27-13-25-26-16(27)4-2)24-12-14-5-7-15(8-6-14)28-18(19,20)21/h5-8,13H,3-4,9-12H2,1-2H3,(H2,22,23,24). The third-order valence-corrected chi connectivity index (χ3v) is 3.78. The van der Waals surface area contributed by atoms with E-state index in [-0.39, 0.29) is 5.75 Å². The average Bonchev–Trinajstić information content (AvgIpc) is 3.11. The zero-order valence-electron chi connectivity index (χ0n) is 16.0. The van der Waals surface area contributed by atoms with E-state index in [9.17, 15) is 13.2 Å². The van der Waals surface area contributed by atoms with Gasteiger partial charge in [-0.3, -0.25) is 0 Å². The Balaban J connectivity index is 1.91.